The van der Waals surface area contributed by atoms with Gasteiger partial charge >= 0.3 is 0 Å². The molecule has 0 aromatic heterocycles. The third kappa shape index (κ3) is 24.6. The Morgan fingerprint density at radius 1 is 0.554 bits per heavy atom. The minimum Gasteiger partial charge on any atom is -0.390 e. The Balaban J connectivity index is 4.38. The van der Waals surface area contributed by atoms with Crippen LogP contribution in [0.1, 0.15) is 163 Å². The lowest BCUT2D eigenvalue weighted by Crippen LogP contribution is -2.63. The van der Waals surface area contributed by atoms with Crippen LogP contribution in [0, 0.1) is 35.5 Å². The molecule has 1 aliphatic heterocycles. The number of rotatable bonds is 20. The SMILES string of the molecule is CC=CC[C@@H](C)[C@@H](O)[C@H]1C(=O)N[C@@H](CC)C(=O)N(C)CC(=O)N(C)[C@@H]([C@@H](C)OCCCCSC(C)=O)C(=O)N[C@@H](C(C)C)C(=O)N(C)[C@@H](CC(C)C)C(=O)N[C@@H](C)C(=O)N[C@H](C)C(=O)N(C)[C@@H](CC(C)C)C(=O)N(C)[C@@H](CC(C)C)C(=O)N(C)[C@@H](C(C)C)C(=O)N1C. The first-order valence-corrected chi connectivity index (χ1v) is 33.7. The second-order valence-electron chi connectivity index (χ2n) is 27.0. The predicted octanol–water partition coefficient (Wildman–Crippen LogP) is 3.69. The molecule has 0 saturated carbocycles. The van der Waals surface area contributed by atoms with Crippen LogP contribution in [-0.2, 0) is 62.3 Å². The molecule has 526 valence electrons. The standard InChI is InChI=1S/C66H117N11O14S/c1-25-27-30-42(13)56(80)55-60(84)69-47(26-2)62(86)71(18)36-51(79)75(22)54(45(16)91-31-28-29-32-92-46(17)78)59(83)70-52(40(9)10)65(89)72(19)48(33-37(3)4)58(82)67-43(14)57(81)68-44(15)61(85)73(20)49(34-38(5)6)63(87)74(21)50(35-39(7)8)64(88)76(23)53(41(11)12)66(90)77(55)24/h25,27,37-45,47-50,52-56,80H,26,28-36H2,1-24H3,(H,67,82)(H,68,81)(H,69,84)(H,70,83)/t42-,43+,44-,45-,47+,48+,49+,50+,52+,53+,54+,55+,56-/m1/s1. The number of allylic oxidation sites excluding steroid dienone is 2. The van der Waals surface area contributed by atoms with E-state index in [1.54, 1.807) is 67.5 Å². The van der Waals surface area contributed by atoms with Gasteiger partial charge in [0.25, 0.3) is 0 Å². The Kier molecular flexibility index (Phi) is 36.0. The average molecular weight is 1320 g/mol. The highest BCUT2D eigenvalue weighted by Crippen LogP contribution is 2.26. The van der Waals surface area contributed by atoms with Gasteiger partial charge in [0.15, 0.2) is 5.12 Å². The molecule has 0 spiro atoms. The molecule has 1 fully saturated rings. The van der Waals surface area contributed by atoms with E-state index in [9.17, 15) is 48.3 Å². The third-order valence-corrected chi connectivity index (χ3v) is 17.9. The molecule has 0 radical (unpaired) electrons. The Morgan fingerprint density at radius 3 is 1.52 bits per heavy atom. The number of carbonyl (C=O) groups is 12. The smallest absolute Gasteiger partial charge is 0.246 e. The van der Waals surface area contributed by atoms with Crippen molar-refractivity contribution in [3.05, 3.63) is 12.2 Å². The van der Waals surface area contributed by atoms with Crippen molar-refractivity contribution in [2.75, 3.05) is 68.2 Å². The molecule has 0 aliphatic carbocycles. The van der Waals surface area contributed by atoms with Gasteiger partial charge in [0.05, 0.1) is 18.8 Å². The number of likely N-dealkylation sites (N-methyl/N-ethyl adjacent to an activating group) is 7. The summed E-state index contributed by atoms with van der Waals surface area (Å²) in [5.41, 5.74) is 0. The number of amides is 11. The van der Waals surface area contributed by atoms with Crippen molar-refractivity contribution in [3.63, 3.8) is 0 Å². The van der Waals surface area contributed by atoms with Gasteiger partial charge in [-0.1, -0.05) is 107 Å². The summed E-state index contributed by atoms with van der Waals surface area (Å²) in [6.07, 6.45) is 2.78. The van der Waals surface area contributed by atoms with Gasteiger partial charge in [-0.2, -0.15) is 0 Å². The fraction of sp³-hybridized carbons (Fsp3) is 0.788. The summed E-state index contributed by atoms with van der Waals surface area (Å²) in [4.78, 5) is 182. The van der Waals surface area contributed by atoms with Gasteiger partial charge < -0.3 is 65.4 Å². The number of carbonyl (C=O) groups excluding carboxylic acids is 12. The molecular weight excluding hydrogens is 1200 g/mol. The van der Waals surface area contributed by atoms with Gasteiger partial charge in [0.1, 0.15) is 60.4 Å². The molecule has 0 aromatic rings. The monoisotopic (exact) mass is 1320 g/mol. The zero-order valence-corrected chi connectivity index (χ0v) is 60.7. The second-order valence-corrected chi connectivity index (χ2v) is 28.3. The van der Waals surface area contributed by atoms with E-state index < -0.39 is 162 Å². The summed E-state index contributed by atoms with van der Waals surface area (Å²) in [6, 6.07) is -13.0. The molecule has 0 unspecified atom stereocenters. The van der Waals surface area contributed by atoms with Gasteiger partial charge in [0.2, 0.25) is 65.0 Å². The number of hydrogen-bond donors (Lipinski definition) is 5. The maximum atomic E-state index is 15.2. The van der Waals surface area contributed by atoms with Gasteiger partial charge in [0, 0.05) is 68.6 Å². The van der Waals surface area contributed by atoms with Crippen LogP contribution in [0.25, 0.3) is 0 Å². The molecule has 1 heterocycles. The minimum absolute atomic E-state index is 0.0164. The molecule has 0 aromatic carbocycles. The number of nitrogens with one attached hydrogen (secondary N) is 4. The molecule has 5 N–H and O–H groups in total. The topological polar surface area (TPSA) is 305 Å². The number of aliphatic hydroxyl groups is 1. The molecule has 13 atom stereocenters. The molecule has 1 saturated heterocycles. The number of thioether (sulfide) groups is 1. The number of aliphatic hydroxyl groups excluding tert-OH is 1. The molecule has 0 bridgehead atoms. The Morgan fingerprint density at radius 2 is 1.03 bits per heavy atom. The van der Waals surface area contributed by atoms with Crippen LogP contribution in [0.4, 0.5) is 0 Å². The van der Waals surface area contributed by atoms with E-state index in [2.05, 4.69) is 21.3 Å². The van der Waals surface area contributed by atoms with Crippen molar-refractivity contribution in [1.29, 1.82) is 0 Å². The highest BCUT2D eigenvalue weighted by Gasteiger charge is 2.46. The van der Waals surface area contributed by atoms with Crippen LogP contribution < -0.4 is 21.3 Å². The molecule has 25 nitrogen and oxygen atoms in total. The Hall–Kier alpha value is -6.15. The number of nitrogens with zero attached hydrogens (tertiary/aromatic N) is 7. The van der Waals surface area contributed by atoms with Gasteiger partial charge in [-0.3, -0.25) is 57.5 Å². The highest BCUT2D eigenvalue weighted by atomic mass is 32.2. The fourth-order valence-electron chi connectivity index (χ4n) is 11.2. The number of unbranched alkanes of at least 4 members (excludes halogenated alkanes) is 1. The summed E-state index contributed by atoms with van der Waals surface area (Å²) in [6.45, 7) is 28.5. The van der Waals surface area contributed by atoms with Gasteiger partial charge in [-0.15, -0.1) is 0 Å². The van der Waals surface area contributed by atoms with Crippen molar-refractivity contribution >= 4 is 81.9 Å². The van der Waals surface area contributed by atoms with Crippen molar-refractivity contribution in [2.45, 2.75) is 235 Å². The van der Waals surface area contributed by atoms with Crippen LogP contribution in [0.3, 0.4) is 0 Å². The van der Waals surface area contributed by atoms with Crippen LogP contribution in [-0.4, -0.2) is 250 Å². The summed E-state index contributed by atoms with van der Waals surface area (Å²) < 4.78 is 6.19. The quantitative estimate of drug-likeness (QED) is 0.0858. The van der Waals surface area contributed by atoms with Crippen LogP contribution in [0.5, 0.6) is 0 Å². The van der Waals surface area contributed by atoms with Crippen molar-refractivity contribution in [3.8, 4) is 0 Å². The Bertz CT molecular complexity index is 2530. The second kappa shape index (κ2) is 39.5. The maximum Gasteiger partial charge on any atom is 0.246 e. The molecule has 1 aliphatic rings. The maximum absolute atomic E-state index is 15.2. The average Bonchev–Trinajstić information content (AvgIpc) is 0.831. The molecule has 1 rings (SSSR count). The molecule has 92 heavy (non-hydrogen) atoms. The Labute approximate surface area is 553 Å². The van der Waals surface area contributed by atoms with Crippen molar-refractivity contribution < 1.29 is 67.4 Å². The van der Waals surface area contributed by atoms with Crippen LogP contribution >= 0.6 is 11.8 Å². The molecule has 11 amide bonds. The van der Waals surface area contributed by atoms with Crippen molar-refractivity contribution in [2.24, 2.45) is 35.5 Å². The highest BCUT2D eigenvalue weighted by molar-refractivity contribution is 8.13. The first-order chi connectivity index (χ1) is 42.6. The minimum atomic E-state index is -1.64. The molecular formula is C66H117N11O14S. The zero-order chi connectivity index (χ0) is 71.1. The third-order valence-electron chi connectivity index (χ3n) is 17.0. The summed E-state index contributed by atoms with van der Waals surface area (Å²) in [5, 5.41) is 23.1. The first kappa shape index (κ1) is 83.9. The van der Waals surface area contributed by atoms with E-state index in [0.29, 0.717) is 18.6 Å². The van der Waals surface area contributed by atoms with E-state index in [1.165, 1.54) is 89.7 Å². The van der Waals surface area contributed by atoms with Crippen LogP contribution in [0.15, 0.2) is 12.2 Å². The predicted molar refractivity (Wildman–Crippen MR) is 357 cm³/mol. The number of ether oxygens (including phenoxy) is 1. The lowest BCUT2D eigenvalue weighted by Gasteiger charge is -2.41. The normalized spacial score (nSPS) is 26.0. The summed E-state index contributed by atoms with van der Waals surface area (Å²) in [5.74, 6) is -9.73. The first-order valence-electron chi connectivity index (χ1n) is 32.7. The lowest BCUT2D eigenvalue weighted by molar-refractivity contribution is -0.157. The van der Waals surface area contributed by atoms with Gasteiger partial charge in [-0.25, -0.2) is 0 Å². The largest absolute Gasteiger partial charge is 0.390 e. The summed E-state index contributed by atoms with van der Waals surface area (Å²) in [7, 11) is 9.75. The van der Waals surface area contributed by atoms with E-state index in [4.69, 9.17) is 4.74 Å². The van der Waals surface area contributed by atoms with E-state index >= 15 is 14.4 Å². The van der Waals surface area contributed by atoms with Crippen LogP contribution in [0.2, 0.25) is 0 Å². The van der Waals surface area contributed by atoms with E-state index in [1.807, 2.05) is 41.5 Å². The fourth-order valence-corrected chi connectivity index (χ4v) is 11.9. The zero-order valence-electron chi connectivity index (χ0n) is 59.9. The van der Waals surface area contributed by atoms with Gasteiger partial charge in [-0.05, 0) is 108 Å². The lowest BCUT2D eigenvalue weighted by atomic mass is 9.91. The summed E-state index contributed by atoms with van der Waals surface area (Å²) >= 11 is 1.16. The molecule has 26 heteroatoms. The van der Waals surface area contributed by atoms with Crippen molar-refractivity contribution in [1.82, 2.24) is 55.6 Å². The van der Waals surface area contributed by atoms with E-state index in [0.717, 1.165) is 26.5 Å². The number of hydrogen-bond acceptors (Lipinski definition) is 15. The van der Waals surface area contributed by atoms with E-state index in [-0.39, 0.29) is 61.6 Å².